The molecule has 0 aliphatic heterocycles. The second kappa shape index (κ2) is 3.35. The molecule has 0 aromatic heterocycles. The normalized spacial score (nSPS) is 11.7. The van der Waals surface area contributed by atoms with Crippen LogP contribution in [0.15, 0.2) is 29.2 Å². The summed E-state index contributed by atoms with van der Waals surface area (Å²) in [5.74, 6) is -0.540. The summed E-state index contributed by atoms with van der Waals surface area (Å²) in [7, 11) is 0. The van der Waals surface area contributed by atoms with E-state index in [0.717, 1.165) is 24.3 Å². The maximum absolute atomic E-state index is 12.2. The van der Waals surface area contributed by atoms with Crippen LogP contribution < -0.4 is 0 Å². The number of hydrogen-bond acceptors (Lipinski definition) is 1. The van der Waals surface area contributed by atoms with Crippen molar-refractivity contribution in [1.29, 1.82) is 0 Å². The number of benzene rings is 1. The van der Waals surface area contributed by atoms with Crippen molar-refractivity contribution in [2.45, 2.75) is 10.4 Å². The lowest BCUT2D eigenvalue weighted by molar-refractivity contribution is -0.0328. The first kappa shape index (κ1) is 9.38. The highest BCUT2D eigenvalue weighted by Crippen LogP contribution is 2.36. The summed E-state index contributed by atoms with van der Waals surface area (Å²) in [6.07, 6.45) is 0. The summed E-state index contributed by atoms with van der Waals surface area (Å²) < 4.78 is 47.4. The minimum absolute atomic E-state index is 0.0103. The molecule has 0 bridgehead atoms. The lowest BCUT2D eigenvalue weighted by atomic mass is 10.4. The van der Waals surface area contributed by atoms with Gasteiger partial charge in [0.2, 0.25) is 0 Å². The lowest BCUT2D eigenvalue weighted by Crippen LogP contribution is -1.98. The third-order valence-corrected chi connectivity index (χ3v) is 1.79. The number of alkyl halides is 3. The predicted octanol–water partition coefficient (Wildman–Crippen LogP) is 3.44. The van der Waals surface area contributed by atoms with Gasteiger partial charge >= 0.3 is 5.51 Å². The van der Waals surface area contributed by atoms with Gasteiger partial charge in [-0.3, -0.25) is 0 Å². The molecule has 1 rings (SSSR count). The molecule has 0 unspecified atom stereocenters. The molecule has 5 heteroatoms. The van der Waals surface area contributed by atoms with Crippen molar-refractivity contribution in [2.75, 3.05) is 0 Å². The summed E-state index contributed by atoms with van der Waals surface area (Å²) in [6.45, 7) is 0. The molecular weight excluding hydrogens is 192 g/mol. The fourth-order valence-corrected chi connectivity index (χ4v) is 1.18. The third kappa shape index (κ3) is 3.13. The molecule has 0 heterocycles. The van der Waals surface area contributed by atoms with Gasteiger partial charge in [0.25, 0.3) is 0 Å². The Labute approximate surface area is 70.6 Å². The fourth-order valence-electron chi connectivity index (χ4n) is 0.636. The Kier molecular flexibility index (Phi) is 2.62. The van der Waals surface area contributed by atoms with Crippen molar-refractivity contribution in [3.8, 4) is 0 Å². The molecule has 1 aromatic carbocycles. The van der Waals surface area contributed by atoms with Gasteiger partial charge < -0.3 is 0 Å². The van der Waals surface area contributed by atoms with Crippen molar-refractivity contribution < 1.29 is 17.6 Å². The van der Waals surface area contributed by atoms with E-state index < -0.39 is 11.3 Å². The first-order valence-electron chi connectivity index (χ1n) is 2.99. The smallest absolute Gasteiger partial charge is 0.207 e. The zero-order valence-electron chi connectivity index (χ0n) is 5.73. The van der Waals surface area contributed by atoms with Gasteiger partial charge in [-0.25, -0.2) is 4.39 Å². The van der Waals surface area contributed by atoms with Gasteiger partial charge in [-0.1, -0.05) is 0 Å². The molecule has 0 saturated heterocycles. The van der Waals surface area contributed by atoms with Gasteiger partial charge in [-0.2, -0.15) is 13.2 Å². The zero-order chi connectivity index (χ0) is 9.19. The summed E-state index contributed by atoms with van der Waals surface area (Å²) in [4.78, 5) is -0.0103. The molecule has 0 amide bonds. The van der Waals surface area contributed by atoms with E-state index in [1.54, 1.807) is 0 Å². The summed E-state index contributed by atoms with van der Waals surface area (Å²) in [5.41, 5.74) is -4.31. The van der Waals surface area contributed by atoms with Crippen LogP contribution in [-0.4, -0.2) is 5.51 Å². The average Bonchev–Trinajstić information content (AvgIpc) is 1.91. The molecule has 0 N–H and O–H groups in total. The Balaban J connectivity index is 2.71. The zero-order valence-corrected chi connectivity index (χ0v) is 6.55. The Hall–Kier alpha value is -0.710. The van der Waals surface area contributed by atoms with E-state index in [1.165, 1.54) is 0 Å². The maximum Gasteiger partial charge on any atom is 0.446 e. The van der Waals surface area contributed by atoms with Gasteiger partial charge in [-0.15, -0.1) is 0 Å². The summed E-state index contributed by atoms with van der Waals surface area (Å²) in [6, 6.07) is 4.17. The largest absolute Gasteiger partial charge is 0.446 e. The van der Waals surface area contributed by atoms with E-state index in [0.29, 0.717) is 0 Å². The van der Waals surface area contributed by atoms with E-state index in [-0.39, 0.29) is 16.7 Å². The van der Waals surface area contributed by atoms with Crippen molar-refractivity contribution in [2.24, 2.45) is 0 Å². The van der Waals surface area contributed by atoms with Gasteiger partial charge in [0.15, 0.2) is 0 Å². The summed E-state index contributed by atoms with van der Waals surface area (Å²) >= 11 is -0.257. The number of hydrogen-bond donors (Lipinski definition) is 0. The van der Waals surface area contributed by atoms with E-state index in [2.05, 4.69) is 0 Å². The molecular formula is C7H4F4S. The van der Waals surface area contributed by atoms with Crippen LogP contribution in [0.5, 0.6) is 0 Å². The van der Waals surface area contributed by atoms with E-state index >= 15 is 0 Å². The highest BCUT2D eigenvalue weighted by molar-refractivity contribution is 8.00. The lowest BCUT2D eigenvalue weighted by Gasteiger charge is -2.04. The van der Waals surface area contributed by atoms with Crippen LogP contribution >= 0.6 is 11.8 Å². The number of halogens is 4. The number of rotatable bonds is 1. The minimum Gasteiger partial charge on any atom is -0.207 e. The van der Waals surface area contributed by atoms with Crippen LogP contribution in [0.1, 0.15) is 0 Å². The Morgan fingerprint density at radius 1 is 1.00 bits per heavy atom. The first-order valence-corrected chi connectivity index (χ1v) is 3.80. The van der Waals surface area contributed by atoms with Crippen molar-refractivity contribution >= 4 is 11.8 Å². The fraction of sp³-hybridized carbons (Fsp3) is 0.143. The van der Waals surface area contributed by atoms with Crippen LogP contribution in [0.2, 0.25) is 0 Å². The monoisotopic (exact) mass is 196 g/mol. The third-order valence-electron chi connectivity index (χ3n) is 1.05. The van der Waals surface area contributed by atoms with Gasteiger partial charge in [0.1, 0.15) is 5.82 Å². The van der Waals surface area contributed by atoms with Gasteiger partial charge in [0, 0.05) is 4.90 Å². The topological polar surface area (TPSA) is 0 Å². The molecule has 0 radical (unpaired) electrons. The standard InChI is InChI=1S/C7H4F4S/c8-5-1-3-6(4-2-5)12-7(9,10)11/h1-4H. The molecule has 0 aliphatic carbocycles. The highest BCUT2D eigenvalue weighted by atomic mass is 32.2. The molecule has 0 spiro atoms. The SMILES string of the molecule is Fc1ccc(SC(F)(F)F)cc1. The molecule has 0 nitrogen and oxygen atoms in total. The van der Waals surface area contributed by atoms with Gasteiger partial charge in [0.05, 0.1) is 0 Å². The van der Waals surface area contributed by atoms with Crippen LogP contribution in [-0.2, 0) is 0 Å². The van der Waals surface area contributed by atoms with Crippen molar-refractivity contribution in [3.63, 3.8) is 0 Å². The molecule has 0 saturated carbocycles. The quantitative estimate of drug-likeness (QED) is 0.489. The first-order chi connectivity index (χ1) is 5.47. The Bertz CT molecular complexity index is 251. The predicted molar refractivity (Wildman–Crippen MR) is 38.3 cm³/mol. The van der Waals surface area contributed by atoms with Crippen LogP contribution in [0.25, 0.3) is 0 Å². The van der Waals surface area contributed by atoms with Gasteiger partial charge in [-0.05, 0) is 36.0 Å². The van der Waals surface area contributed by atoms with Crippen LogP contribution in [0.3, 0.4) is 0 Å². The van der Waals surface area contributed by atoms with Crippen LogP contribution in [0.4, 0.5) is 17.6 Å². The molecule has 0 fully saturated rings. The highest BCUT2D eigenvalue weighted by Gasteiger charge is 2.28. The minimum atomic E-state index is -4.31. The Morgan fingerprint density at radius 3 is 1.92 bits per heavy atom. The molecule has 1 aromatic rings. The molecule has 12 heavy (non-hydrogen) atoms. The molecule has 66 valence electrons. The second-order valence-electron chi connectivity index (χ2n) is 2.00. The van der Waals surface area contributed by atoms with E-state index in [1.807, 2.05) is 0 Å². The second-order valence-corrected chi connectivity index (χ2v) is 3.14. The average molecular weight is 196 g/mol. The molecule has 0 aliphatic rings. The van der Waals surface area contributed by atoms with E-state index in [9.17, 15) is 17.6 Å². The van der Waals surface area contributed by atoms with Crippen LogP contribution in [0, 0.1) is 5.82 Å². The van der Waals surface area contributed by atoms with Crippen molar-refractivity contribution in [1.82, 2.24) is 0 Å². The summed E-state index contributed by atoms with van der Waals surface area (Å²) in [5, 5.41) is 0. The van der Waals surface area contributed by atoms with E-state index in [4.69, 9.17) is 0 Å². The maximum atomic E-state index is 12.2. The Morgan fingerprint density at radius 2 is 1.50 bits per heavy atom. The molecule has 0 atom stereocenters. The van der Waals surface area contributed by atoms with Crippen molar-refractivity contribution in [3.05, 3.63) is 30.1 Å². The number of thioether (sulfide) groups is 1.